The van der Waals surface area contributed by atoms with Crippen molar-refractivity contribution in [2.45, 2.75) is 172 Å². The van der Waals surface area contributed by atoms with Crippen LogP contribution in [0.2, 0.25) is 0 Å². The molecular formula is C61H75N3O5. The molecule has 8 nitrogen and oxygen atoms in total. The molecule has 69 heavy (non-hydrogen) atoms. The van der Waals surface area contributed by atoms with Gasteiger partial charge in [-0.15, -0.1) is 0 Å². The second-order valence-electron chi connectivity index (χ2n) is 25.5. The molecular weight excluding hydrogens is 855 g/mol. The molecule has 364 valence electrons. The average Bonchev–Trinajstić information content (AvgIpc) is 3.81. The van der Waals surface area contributed by atoms with Gasteiger partial charge in [-0.1, -0.05) is 105 Å². The number of fused-ring (bicyclic) bond motifs is 12. The van der Waals surface area contributed by atoms with E-state index in [4.69, 9.17) is 15.2 Å². The Kier molecular flexibility index (Phi) is 9.50. The number of ether oxygens (including phenoxy) is 2. The molecule has 13 aliphatic rings. The van der Waals surface area contributed by atoms with Gasteiger partial charge in [-0.3, -0.25) is 9.69 Å². The number of rotatable bonds is 5. The highest BCUT2D eigenvalue weighted by atomic mass is 16.6. The number of nitrogens with two attached hydrogens (primary N) is 1. The van der Waals surface area contributed by atoms with Gasteiger partial charge in [-0.2, -0.15) is 0 Å². The monoisotopic (exact) mass is 930 g/mol. The van der Waals surface area contributed by atoms with Crippen LogP contribution >= 0.6 is 0 Å². The van der Waals surface area contributed by atoms with Gasteiger partial charge < -0.3 is 25.2 Å². The molecule has 0 amide bonds. The van der Waals surface area contributed by atoms with Crippen molar-refractivity contribution in [2.75, 3.05) is 19.6 Å². The molecule has 3 spiro atoms. The smallest absolute Gasteiger partial charge is 0.339 e. The summed E-state index contributed by atoms with van der Waals surface area (Å²) in [6.07, 6.45) is 23.0. The standard InChI is InChI=1S/C61H75N3O5/c1-34-26-39-19-21-48-41-30-42-33-64(48)54(39)53-43-23-24-59-56(55(65)44-20-22-47(42)63(32-41)49(44)29-36-10-3-2-4-11-36)68-58(67)60(59)46(43)31-40(51(34)53)28-37-14-7-13-35(27-37)12-5-6-18-50(60)61(59)45-17-8-15-38(16-9-25-62)52(45)57(66)69-61/h7-8,13-15,17,27,34,36,40-42,44,47-51,53,65H,2-6,9-12,16,18-26,28-33,62H2,1H3/b56-55+/t34-,40-,41+,42+,44-,47-,48-,49+,50+,51+,53-,59-,60+,61-/m1/s1. The van der Waals surface area contributed by atoms with Crippen molar-refractivity contribution in [1.29, 1.82) is 0 Å². The summed E-state index contributed by atoms with van der Waals surface area (Å²) in [6, 6.07) is 17.2. The first-order valence-electron chi connectivity index (χ1n) is 28.5. The van der Waals surface area contributed by atoms with Gasteiger partial charge in [0.2, 0.25) is 0 Å². The largest absolute Gasteiger partial charge is 0.508 e. The molecule has 0 aromatic heterocycles. The summed E-state index contributed by atoms with van der Waals surface area (Å²) in [5.74, 6) is 3.47. The second kappa shape index (κ2) is 15.3. The van der Waals surface area contributed by atoms with E-state index in [1.165, 1.54) is 74.5 Å². The number of aryl methyl sites for hydroxylation is 2. The molecule has 2 saturated carbocycles. The first kappa shape index (κ1) is 42.8. The van der Waals surface area contributed by atoms with Crippen molar-refractivity contribution >= 4 is 11.9 Å². The van der Waals surface area contributed by atoms with Gasteiger partial charge in [-0.05, 0) is 161 Å². The Morgan fingerprint density at radius 2 is 1.68 bits per heavy atom. The lowest BCUT2D eigenvalue weighted by atomic mass is 9.28. The number of nitrogens with zero attached hydrogens (tertiary/aromatic N) is 2. The van der Waals surface area contributed by atoms with Crippen LogP contribution in [0.3, 0.4) is 0 Å². The van der Waals surface area contributed by atoms with E-state index in [1.807, 2.05) is 0 Å². The molecule has 0 radical (unpaired) electrons. The Hall–Kier alpha value is -3.88. The molecule has 6 aliphatic carbocycles. The number of piperidine rings is 3. The zero-order chi connectivity index (χ0) is 46.1. The summed E-state index contributed by atoms with van der Waals surface area (Å²) in [5.41, 5.74) is 14.7. The first-order valence-corrected chi connectivity index (χ1v) is 28.5. The van der Waals surface area contributed by atoms with Gasteiger partial charge in [0.05, 0.1) is 11.0 Å². The predicted octanol–water partition coefficient (Wildman–Crippen LogP) is 11.0. The molecule has 2 aromatic carbocycles. The molecule has 8 heteroatoms. The summed E-state index contributed by atoms with van der Waals surface area (Å²) < 4.78 is 14.6. The van der Waals surface area contributed by atoms with Crippen molar-refractivity contribution in [3.05, 3.63) is 104 Å². The second-order valence-corrected chi connectivity index (χ2v) is 25.5. The van der Waals surface area contributed by atoms with Crippen LogP contribution in [0.15, 0.2) is 76.4 Å². The van der Waals surface area contributed by atoms with Gasteiger partial charge >= 0.3 is 11.9 Å². The SMILES string of the molecule is C[C@@H]1CC2=C3[C@@H]4C5=C6C[C@@H](Cc7cccc(c7)CCCC[C@H]7[C@]68C(=O)O/C(=C(/O)[C@@H]6CC[C@@H]9[C@H]%10C[C@@H](CN9[C@H]6CC6CCCCC6)[C@@H](CC2)N3C%10)[C@@]8(CC5)[C@]72OC(=O)c3c(CCCN)cccc32)[C@@H]41. The van der Waals surface area contributed by atoms with Crippen LogP contribution in [0.5, 0.6) is 0 Å². The number of allylic oxidation sites excluding steroid dienone is 2. The molecule has 7 aliphatic heterocycles. The molecule has 15 rings (SSSR count). The van der Waals surface area contributed by atoms with Gasteiger partial charge in [0.1, 0.15) is 11.2 Å². The summed E-state index contributed by atoms with van der Waals surface area (Å²) in [5, 5.41) is 13.9. The average molecular weight is 930 g/mol. The summed E-state index contributed by atoms with van der Waals surface area (Å²) in [4.78, 5) is 37.7. The summed E-state index contributed by atoms with van der Waals surface area (Å²) >= 11 is 0. The number of aliphatic hydroxyl groups is 1. The Balaban J connectivity index is 1.03. The van der Waals surface area contributed by atoms with Crippen molar-refractivity contribution < 1.29 is 24.2 Å². The molecule has 11 bridgehead atoms. The van der Waals surface area contributed by atoms with E-state index in [1.54, 1.807) is 16.8 Å². The minimum atomic E-state index is -1.14. The van der Waals surface area contributed by atoms with Crippen molar-refractivity contribution in [2.24, 2.45) is 69.8 Å². The number of esters is 2. The Morgan fingerprint density at radius 3 is 2.57 bits per heavy atom. The number of carbonyl (C=O) groups is 2. The Bertz CT molecular complexity index is 2640. The highest BCUT2D eigenvalue weighted by Crippen LogP contribution is 2.88. The van der Waals surface area contributed by atoms with E-state index in [-0.39, 0.29) is 35.7 Å². The van der Waals surface area contributed by atoms with Crippen LogP contribution in [0.1, 0.15) is 162 Å². The molecule has 6 fully saturated rings. The highest BCUT2D eigenvalue weighted by Gasteiger charge is 2.93. The van der Waals surface area contributed by atoms with Crippen LogP contribution in [0.4, 0.5) is 0 Å². The van der Waals surface area contributed by atoms with Crippen molar-refractivity contribution in [3.8, 4) is 0 Å². The molecule has 3 N–H and O–H groups in total. The highest BCUT2D eigenvalue weighted by molar-refractivity contribution is 6.00. The minimum absolute atomic E-state index is 0.136. The lowest BCUT2D eigenvalue weighted by molar-refractivity contribution is -0.279. The number of hydrogen-bond donors (Lipinski definition) is 2. The quantitative estimate of drug-likeness (QED) is 0.226. The van der Waals surface area contributed by atoms with Crippen LogP contribution in [0.25, 0.3) is 0 Å². The zero-order valence-corrected chi connectivity index (χ0v) is 41.2. The van der Waals surface area contributed by atoms with E-state index in [2.05, 4.69) is 59.2 Å². The molecule has 4 saturated heterocycles. The minimum Gasteiger partial charge on any atom is -0.508 e. The number of carbonyl (C=O) groups excluding carboxylic acids is 2. The maximum Gasteiger partial charge on any atom is 0.339 e. The lowest BCUT2D eigenvalue weighted by Crippen LogP contribution is -2.77. The number of aliphatic hydroxyl groups excluding tert-OH is 1. The van der Waals surface area contributed by atoms with Crippen LogP contribution in [0, 0.1) is 64.1 Å². The fourth-order valence-electron chi connectivity index (χ4n) is 20.8. The van der Waals surface area contributed by atoms with E-state index in [0.29, 0.717) is 84.1 Å². The predicted molar refractivity (Wildman–Crippen MR) is 264 cm³/mol. The van der Waals surface area contributed by atoms with Gasteiger partial charge in [-0.25, -0.2) is 4.79 Å². The number of hydrogen-bond acceptors (Lipinski definition) is 8. The summed E-state index contributed by atoms with van der Waals surface area (Å²) in [6.45, 7) is 5.39. The van der Waals surface area contributed by atoms with Gasteiger partial charge in [0, 0.05) is 60.2 Å². The van der Waals surface area contributed by atoms with Gasteiger partial charge in [0.15, 0.2) is 11.4 Å². The topological polar surface area (TPSA) is 105 Å². The first-order chi connectivity index (χ1) is 33.8. The Labute approximate surface area is 409 Å². The van der Waals surface area contributed by atoms with E-state index in [9.17, 15) is 5.11 Å². The fourth-order valence-corrected chi connectivity index (χ4v) is 20.8. The van der Waals surface area contributed by atoms with Crippen LogP contribution < -0.4 is 5.73 Å². The van der Waals surface area contributed by atoms with Crippen molar-refractivity contribution in [1.82, 2.24) is 9.80 Å². The normalized spacial score (nSPS) is 43.6. The van der Waals surface area contributed by atoms with E-state index >= 15 is 9.59 Å². The molecule has 0 unspecified atom stereocenters. The third kappa shape index (κ3) is 5.40. The van der Waals surface area contributed by atoms with Crippen LogP contribution in [-0.2, 0) is 39.1 Å². The fraction of sp³-hybridized carbons (Fsp3) is 0.672. The van der Waals surface area contributed by atoms with Gasteiger partial charge in [0.25, 0.3) is 0 Å². The molecule has 2 aromatic rings. The third-order valence-corrected chi connectivity index (χ3v) is 22.9. The third-order valence-electron chi connectivity index (χ3n) is 22.9. The van der Waals surface area contributed by atoms with Crippen LogP contribution in [-0.4, -0.2) is 64.6 Å². The van der Waals surface area contributed by atoms with E-state index < -0.39 is 16.4 Å². The zero-order valence-electron chi connectivity index (χ0n) is 41.2. The maximum atomic E-state index is 16.5. The van der Waals surface area contributed by atoms with E-state index in [0.717, 1.165) is 94.8 Å². The number of benzene rings is 2. The lowest BCUT2D eigenvalue weighted by Gasteiger charge is -2.72. The summed E-state index contributed by atoms with van der Waals surface area (Å²) in [7, 11) is 0. The maximum absolute atomic E-state index is 16.5. The molecule has 7 heterocycles. The Morgan fingerprint density at radius 1 is 0.841 bits per heavy atom. The molecule has 14 atom stereocenters. The van der Waals surface area contributed by atoms with Crippen molar-refractivity contribution in [3.63, 3.8) is 0 Å².